The SMILES string of the molecule is C=C1N([Si](C)(C)C)CCOC1(C)C(OCC)OCC. The molecule has 0 amide bonds. The lowest BCUT2D eigenvalue weighted by atomic mass is 10.0. The van der Waals surface area contributed by atoms with Crippen LogP contribution in [0.2, 0.25) is 19.6 Å². The topological polar surface area (TPSA) is 30.9 Å². The van der Waals surface area contributed by atoms with Crippen molar-refractivity contribution < 1.29 is 14.2 Å². The van der Waals surface area contributed by atoms with Crippen molar-refractivity contribution in [3.8, 4) is 0 Å². The first-order valence-electron chi connectivity index (χ1n) is 7.11. The summed E-state index contributed by atoms with van der Waals surface area (Å²) in [5.41, 5.74) is 0.398. The third-order valence-electron chi connectivity index (χ3n) is 3.51. The molecule has 0 aromatic carbocycles. The number of hydrogen-bond acceptors (Lipinski definition) is 4. The third kappa shape index (κ3) is 3.59. The van der Waals surface area contributed by atoms with Gasteiger partial charge in [0.15, 0.2) is 11.9 Å². The number of ether oxygens (including phenoxy) is 3. The van der Waals surface area contributed by atoms with E-state index in [4.69, 9.17) is 14.2 Å². The maximum atomic E-state index is 6.00. The van der Waals surface area contributed by atoms with Crippen LogP contribution in [-0.4, -0.2) is 51.1 Å². The van der Waals surface area contributed by atoms with Gasteiger partial charge in [0.1, 0.15) is 8.24 Å². The molecule has 0 bridgehead atoms. The summed E-state index contributed by atoms with van der Waals surface area (Å²) in [7, 11) is -1.46. The summed E-state index contributed by atoms with van der Waals surface area (Å²) >= 11 is 0. The minimum Gasteiger partial charge on any atom is -0.397 e. The number of hydrogen-bond donors (Lipinski definition) is 0. The van der Waals surface area contributed by atoms with Crippen molar-refractivity contribution in [3.63, 3.8) is 0 Å². The Bertz CT molecular complexity index is 310. The molecule has 0 N–H and O–H groups in total. The van der Waals surface area contributed by atoms with Crippen LogP contribution in [0.3, 0.4) is 0 Å². The van der Waals surface area contributed by atoms with Gasteiger partial charge in [0.2, 0.25) is 0 Å². The highest BCUT2D eigenvalue weighted by Crippen LogP contribution is 2.35. The van der Waals surface area contributed by atoms with E-state index < -0.39 is 20.1 Å². The fraction of sp³-hybridized carbons (Fsp3) is 0.857. The second-order valence-electron chi connectivity index (χ2n) is 5.97. The minimum absolute atomic E-state index is 0.394. The van der Waals surface area contributed by atoms with Crippen molar-refractivity contribution in [1.29, 1.82) is 0 Å². The Morgan fingerprint density at radius 3 is 2.26 bits per heavy atom. The molecule has 0 saturated carbocycles. The average molecular weight is 287 g/mol. The predicted octanol–water partition coefficient (Wildman–Crippen LogP) is 2.83. The maximum Gasteiger partial charge on any atom is 0.191 e. The van der Waals surface area contributed by atoms with Gasteiger partial charge in [-0.25, -0.2) is 0 Å². The molecule has 0 aromatic rings. The largest absolute Gasteiger partial charge is 0.397 e. The lowest BCUT2D eigenvalue weighted by Crippen LogP contribution is -2.61. The molecular weight excluding hydrogens is 258 g/mol. The smallest absolute Gasteiger partial charge is 0.191 e. The lowest BCUT2D eigenvalue weighted by Gasteiger charge is -2.50. The summed E-state index contributed by atoms with van der Waals surface area (Å²) in [6.45, 7) is 20.0. The van der Waals surface area contributed by atoms with Crippen LogP contribution in [0.5, 0.6) is 0 Å². The molecule has 1 aliphatic heterocycles. The predicted molar refractivity (Wildman–Crippen MR) is 80.6 cm³/mol. The Balaban J connectivity index is 2.97. The first-order valence-corrected chi connectivity index (χ1v) is 10.6. The van der Waals surface area contributed by atoms with Crippen molar-refractivity contribution in [2.75, 3.05) is 26.4 Å². The number of rotatable bonds is 6. The van der Waals surface area contributed by atoms with Crippen LogP contribution < -0.4 is 0 Å². The normalized spacial score (nSPS) is 25.2. The zero-order valence-corrected chi connectivity index (χ0v) is 14.3. The summed E-state index contributed by atoms with van der Waals surface area (Å²) < 4.78 is 19.9. The Labute approximate surface area is 118 Å². The highest BCUT2D eigenvalue weighted by molar-refractivity contribution is 6.73. The Hall–Kier alpha value is -0.363. The van der Waals surface area contributed by atoms with Crippen LogP contribution in [0.1, 0.15) is 20.8 Å². The van der Waals surface area contributed by atoms with Gasteiger partial charge in [-0.3, -0.25) is 0 Å². The zero-order chi connectivity index (χ0) is 14.7. The van der Waals surface area contributed by atoms with Crippen LogP contribution >= 0.6 is 0 Å². The molecule has 0 aliphatic carbocycles. The highest BCUT2D eigenvalue weighted by atomic mass is 28.3. The lowest BCUT2D eigenvalue weighted by molar-refractivity contribution is -0.243. The maximum absolute atomic E-state index is 6.00. The molecule has 19 heavy (non-hydrogen) atoms. The molecule has 1 rings (SSSR count). The standard InChI is InChI=1S/C14H29NO3Si/c1-8-16-13(17-9-2)14(4)12(3)15(10-11-18-14)19(5,6)7/h13H,3,8-11H2,1-2,4-7H3. The van der Waals surface area contributed by atoms with E-state index in [0.717, 1.165) is 12.2 Å². The molecule has 1 fully saturated rings. The van der Waals surface area contributed by atoms with Crippen molar-refractivity contribution in [2.45, 2.75) is 52.3 Å². The summed E-state index contributed by atoms with van der Waals surface area (Å²) in [5.74, 6) is 0. The van der Waals surface area contributed by atoms with Gasteiger partial charge in [0.25, 0.3) is 0 Å². The van der Waals surface area contributed by atoms with Crippen LogP contribution in [0, 0.1) is 0 Å². The van der Waals surface area contributed by atoms with E-state index in [2.05, 4.69) is 30.8 Å². The second kappa shape index (κ2) is 6.39. The molecule has 1 unspecified atom stereocenters. The molecule has 1 saturated heterocycles. The van der Waals surface area contributed by atoms with E-state index in [9.17, 15) is 0 Å². The zero-order valence-electron chi connectivity index (χ0n) is 13.3. The molecule has 0 aromatic heterocycles. The van der Waals surface area contributed by atoms with Crippen LogP contribution in [0.15, 0.2) is 12.3 Å². The summed E-state index contributed by atoms with van der Waals surface area (Å²) in [4.78, 5) is 0. The molecule has 5 heteroatoms. The summed E-state index contributed by atoms with van der Waals surface area (Å²) in [5, 5.41) is 0. The molecule has 0 radical (unpaired) electrons. The van der Waals surface area contributed by atoms with Crippen molar-refractivity contribution in [2.24, 2.45) is 0 Å². The first kappa shape index (κ1) is 16.7. The van der Waals surface area contributed by atoms with Gasteiger partial charge in [-0.05, 0) is 20.8 Å². The Morgan fingerprint density at radius 2 is 1.84 bits per heavy atom. The molecule has 4 nitrogen and oxygen atoms in total. The molecule has 0 spiro atoms. The molecule has 1 atom stereocenters. The van der Waals surface area contributed by atoms with Gasteiger partial charge >= 0.3 is 0 Å². The van der Waals surface area contributed by atoms with Crippen molar-refractivity contribution >= 4 is 8.24 Å². The van der Waals surface area contributed by atoms with E-state index in [1.807, 2.05) is 20.8 Å². The fourth-order valence-corrected chi connectivity index (χ4v) is 4.24. The van der Waals surface area contributed by atoms with E-state index in [1.165, 1.54) is 0 Å². The minimum atomic E-state index is -1.46. The second-order valence-corrected chi connectivity index (χ2v) is 10.8. The monoisotopic (exact) mass is 287 g/mol. The quantitative estimate of drug-likeness (QED) is 0.555. The fourth-order valence-electron chi connectivity index (χ4n) is 2.45. The Kier molecular flexibility index (Phi) is 5.61. The first-order chi connectivity index (χ1) is 8.77. The van der Waals surface area contributed by atoms with Gasteiger partial charge in [0, 0.05) is 25.5 Å². The summed E-state index contributed by atoms with van der Waals surface area (Å²) in [6.07, 6.45) is -0.394. The van der Waals surface area contributed by atoms with E-state index in [0.29, 0.717) is 19.8 Å². The van der Waals surface area contributed by atoms with E-state index in [-0.39, 0.29) is 0 Å². The van der Waals surface area contributed by atoms with Crippen LogP contribution in [-0.2, 0) is 14.2 Å². The molecule has 112 valence electrons. The molecular formula is C14H29NO3Si. The average Bonchev–Trinajstić information content (AvgIpc) is 2.31. The molecule has 1 heterocycles. The van der Waals surface area contributed by atoms with Crippen LogP contribution in [0.25, 0.3) is 0 Å². The van der Waals surface area contributed by atoms with Gasteiger partial charge in [-0.15, -0.1) is 0 Å². The van der Waals surface area contributed by atoms with Gasteiger partial charge < -0.3 is 18.8 Å². The number of nitrogens with zero attached hydrogens (tertiary/aromatic N) is 1. The van der Waals surface area contributed by atoms with E-state index in [1.54, 1.807) is 0 Å². The van der Waals surface area contributed by atoms with Gasteiger partial charge in [-0.2, -0.15) is 0 Å². The van der Waals surface area contributed by atoms with Crippen molar-refractivity contribution in [3.05, 3.63) is 12.3 Å². The van der Waals surface area contributed by atoms with Crippen LogP contribution in [0.4, 0.5) is 0 Å². The van der Waals surface area contributed by atoms with Crippen molar-refractivity contribution in [1.82, 2.24) is 4.57 Å². The Morgan fingerprint density at radius 1 is 1.32 bits per heavy atom. The van der Waals surface area contributed by atoms with Gasteiger partial charge in [-0.1, -0.05) is 26.2 Å². The third-order valence-corrected chi connectivity index (χ3v) is 5.62. The molecule has 1 aliphatic rings. The van der Waals surface area contributed by atoms with Gasteiger partial charge in [0.05, 0.1) is 6.61 Å². The highest BCUT2D eigenvalue weighted by Gasteiger charge is 2.46. The number of morpholine rings is 1. The van der Waals surface area contributed by atoms with E-state index >= 15 is 0 Å². The summed E-state index contributed by atoms with van der Waals surface area (Å²) in [6, 6.07) is 0.